The normalized spacial score (nSPS) is 10.6. The van der Waals surface area contributed by atoms with E-state index in [1.54, 1.807) is 18.2 Å². The summed E-state index contributed by atoms with van der Waals surface area (Å²) in [4.78, 5) is 34.4. The number of esters is 1. The fourth-order valence-corrected chi connectivity index (χ4v) is 1.52. The van der Waals surface area contributed by atoms with Crippen molar-refractivity contribution < 1.29 is 24.2 Å². The zero-order valence-corrected chi connectivity index (χ0v) is 11.3. The lowest BCUT2D eigenvalue weighted by atomic mass is 10.0. The van der Waals surface area contributed by atoms with Crippen LogP contribution in [0.1, 0.15) is 23.2 Å². The highest BCUT2D eigenvalue weighted by molar-refractivity contribution is 6.13. The van der Waals surface area contributed by atoms with E-state index in [2.05, 4.69) is 4.74 Å². The molecular weight excluding hydrogens is 274 g/mol. The quantitative estimate of drug-likeness (QED) is 0.280. The number of carbonyl (C=O) groups excluding carboxylic acids is 3. The molecule has 0 spiro atoms. The van der Waals surface area contributed by atoms with Gasteiger partial charge in [-0.2, -0.15) is 5.26 Å². The minimum absolute atomic E-state index is 0.0225. The maximum atomic E-state index is 12.0. The second-order valence-electron chi connectivity index (χ2n) is 4.07. The summed E-state index contributed by atoms with van der Waals surface area (Å²) < 4.78 is 4.34. The number of Topliss-reactive ketones (excluding diaryl/α,β-unsaturated/α-hetero) is 2. The molecule has 108 valence electrons. The van der Waals surface area contributed by atoms with Crippen LogP contribution in [0.15, 0.2) is 35.9 Å². The van der Waals surface area contributed by atoms with E-state index < -0.39 is 24.0 Å². The van der Waals surface area contributed by atoms with E-state index >= 15 is 0 Å². The monoisotopic (exact) mass is 287 g/mol. The topological polar surface area (TPSA) is 104 Å². The molecule has 0 saturated heterocycles. The van der Waals surface area contributed by atoms with E-state index in [0.717, 1.165) is 13.2 Å². The molecule has 1 aromatic rings. The van der Waals surface area contributed by atoms with Crippen LogP contribution in [-0.4, -0.2) is 29.8 Å². The highest BCUT2D eigenvalue weighted by Crippen LogP contribution is 2.19. The van der Waals surface area contributed by atoms with Crippen LogP contribution in [0.2, 0.25) is 0 Å². The second kappa shape index (κ2) is 7.60. The molecule has 0 aliphatic carbocycles. The number of ketones is 2. The Morgan fingerprint density at radius 1 is 1.33 bits per heavy atom. The third-order valence-electron chi connectivity index (χ3n) is 2.62. The maximum absolute atomic E-state index is 12.0. The fraction of sp³-hybridized carbons (Fsp3) is 0.200. The van der Waals surface area contributed by atoms with E-state index in [-0.39, 0.29) is 23.3 Å². The Balaban J connectivity index is 2.84. The van der Waals surface area contributed by atoms with Gasteiger partial charge in [-0.1, -0.05) is 18.2 Å². The van der Waals surface area contributed by atoms with Crippen molar-refractivity contribution in [3.63, 3.8) is 0 Å². The van der Waals surface area contributed by atoms with Crippen molar-refractivity contribution in [1.29, 1.82) is 5.26 Å². The van der Waals surface area contributed by atoms with Crippen molar-refractivity contribution in [2.45, 2.75) is 12.8 Å². The molecule has 21 heavy (non-hydrogen) atoms. The van der Waals surface area contributed by atoms with Gasteiger partial charge in [0.15, 0.2) is 0 Å². The Bertz CT molecular complexity index is 640. The van der Waals surface area contributed by atoms with Crippen LogP contribution in [0.4, 0.5) is 0 Å². The van der Waals surface area contributed by atoms with Gasteiger partial charge in [0.2, 0.25) is 5.78 Å². The minimum Gasteiger partial charge on any atom is -0.507 e. The summed E-state index contributed by atoms with van der Waals surface area (Å²) in [5, 5.41) is 18.5. The molecule has 6 heteroatoms. The molecule has 0 heterocycles. The van der Waals surface area contributed by atoms with E-state index in [1.165, 1.54) is 12.1 Å². The standard InChI is InChI=1S/C15H13NO5/c1-21-14(19)8-11(17)7-6-10(9-16)15(20)12-4-2-3-5-13(12)18/h2-6,18H,7-8H2,1H3/b10-6+. The van der Waals surface area contributed by atoms with Crippen molar-refractivity contribution in [1.82, 2.24) is 0 Å². The highest BCUT2D eigenvalue weighted by atomic mass is 16.5. The van der Waals surface area contributed by atoms with Crippen molar-refractivity contribution in [3.8, 4) is 11.8 Å². The number of phenolic OH excluding ortho intramolecular Hbond substituents is 1. The van der Waals surface area contributed by atoms with Gasteiger partial charge >= 0.3 is 5.97 Å². The number of benzene rings is 1. The summed E-state index contributed by atoms with van der Waals surface area (Å²) in [6.45, 7) is 0. The number of carbonyl (C=O) groups is 3. The van der Waals surface area contributed by atoms with Gasteiger partial charge in [-0.15, -0.1) is 0 Å². The first kappa shape index (κ1) is 16.1. The number of aromatic hydroxyl groups is 1. The molecule has 1 rings (SSSR count). The van der Waals surface area contributed by atoms with Crippen molar-refractivity contribution in [2.75, 3.05) is 7.11 Å². The second-order valence-corrected chi connectivity index (χ2v) is 4.07. The third kappa shape index (κ3) is 4.58. The summed E-state index contributed by atoms with van der Waals surface area (Å²) >= 11 is 0. The lowest BCUT2D eigenvalue weighted by molar-refractivity contribution is -0.143. The van der Waals surface area contributed by atoms with Crippen LogP contribution in [0.5, 0.6) is 5.75 Å². The molecule has 0 radical (unpaired) electrons. The third-order valence-corrected chi connectivity index (χ3v) is 2.62. The molecule has 0 amide bonds. The van der Waals surface area contributed by atoms with Crippen molar-refractivity contribution >= 4 is 17.5 Å². The van der Waals surface area contributed by atoms with Gasteiger partial charge in [-0.05, 0) is 12.1 Å². The summed E-state index contributed by atoms with van der Waals surface area (Å²) in [6, 6.07) is 7.47. The predicted octanol–water partition coefficient (Wildman–Crippen LogP) is 1.55. The molecule has 1 aromatic carbocycles. The maximum Gasteiger partial charge on any atom is 0.313 e. The van der Waals surface area contributed by atoms with Gasteiger partial charge in [-0.3, -0.25) is 14.4 Å². The summed E-state index contributed by atoms with van der Waals surface area (Å²) in [7, 11) is 1.16. The largest absolute Gasteiger partial charge is 0.507 e. The van der Waals surface area contributed by atoms with E-state index in [1.807, 2.05) is 0 Å². The van der Waals surface area contributed by atoms with Gasteiger partial charge in [0.1, 0.15) is 24.0 Å². The Morgan fingerprint density at radius 3 is 2.57 bits per heavy atom. The van der Waals surface area contributed by atoms with Crippen LogP contribution in [0.25, 0.3) is 0 Å². The molecular formula is C15H13NO5. The number of nitriles is 1. The molecule has 0 aromatic heterocycles. The molecule has 0 unspecified atom stereocenters. The van der Waals surface area contributed by atoms with Crippen LogP contribution in [0.3, 0.4) is 0 Å². The number of hydrogen-bond donors (Lipinski definition) is 1. The summed E-state index contributed by atoms with van der Waals surface area (Å²) in [5.74, 6) is -2.08. The molecule has 0 aliphatic heterocycles. The molecule has 0 atom stereocenters. The Morgan fingerprint density at radius 2 is 2.00 bits per heavy atom. The number of hydrogen-bond acceptors (Lipinski definition) is 6. The highest BCUT2D eigenvalue weighted by Gasteiger charge is 2.16. The van der Waals surface area contributed by atoms with Crippen LogP contribution in [-0.2, 0) is 14.3 Å². The number of nitrogens with zero attached hydrogens (tertiary/aromatic N) is 1. The van der Waals surface area contributed by atoms with E-state index in [9.17, 15) is 19.5 Å². The number of para-hydroxylation sites is 1. The van der Waals surface area contributed by atoms with Gasteiger partial charge in [0, 0.05) is 6.42 Å². The summed E-state index contributed by atoms with van der Waals surface area (Å²) in [6.07, 6.45) is 0.480. The van der Waals surface area contributed by atoms with E-state index in [4.69, 9.17) is 5.26 Å². The molecule has 0 bridgehead atoms. The molecule has 0 saturated carbocycles. The van der Waals surface area contributed by atoms with Gasteiger partial charge in [-0.25, -0.2) is 0 Å². The number of allylic oxidation sites excluding steroid dienone is 2. The molecule has 0 fully saturated rings. The van der Waals surface area contributed by atoms with Gasteiger partial charge < -0.3 is 9.84 Å². The Kier molecular flexibility index (Phi) is 5.83. The molecule has 0 aliphatic rings. The van der Waals surface area contributed by atoms with E-state index in [0.29, 0.717) is 0 Å². The first-order valence-corrected chi connectivity index (χ1v) is 6.01. The van der Waals surface area contributed by atoms with Crippen molar-refractivity contribution in [3.05, 3.63) is 41.5 Å². The lowest BCUT2D eigenvalue weighted by Crippen LogP contribution is -2.09. The number of phenols is 1. The SMILES string of the molecule is COC(=O)CC(=O)C/C=C(\C#N)C(=O)c1ccccc1O. The minimum atomic E-state index is -0.682. The average Bonchev–Trinajstić information content (AvgIpc) is 2.47. The van der Waals surface area contributed by atoms with Crippen molar-refractivity contribution in [2.24, 2.45) is 0 Å². The van der Waals surface area contributed by atoms with Gasteiger partial charge in [0.25, 0.3) is 0 Å². The summed E-state index contributed by atoms with van der Waals surface area (Å²) in [5.41, 5.74) is -0.291. The smallest absolute Gasteiger partial charge is 0.313 e. The number of ether oxygens (including phenoxy) is 1. The predicted molar refractivity (Wildman–Crippen MR) is 72.4 cm³/mol. The van der Waals surface area contributed by atoms with Gasteiger partial charge in [0.05, 0.1) is 18.2 Å². The zero-order chi connectivity index (χ0) is 15.8. The Labute approximate surface area is 121 Å². The molecule has 1 N–H and O–H groups in total. The number of rotatable bonds is 6. The zero-order valence-electron chi connectivity index (χ0n) is 11.3. The first-order chi connectivity index (χ1) is 9.99. The lowest BCUT2D eigenvalue weighted by Gasteiger charge is -2.02. The first-order valence-electron chi connectivity index (χ1n) is 6.01. The number of methoxy groups -OCH3 is 1. The fourth-order valence-electron chi connectivity index (χ4n) is 1.52. The average molecular weight is 287 g/mol. The van der Waals surface area contributed by atoms with Crippen LogP contribution < -0.4 is 0 Å². The van der Waals surface area contributed by atoms with Crippen LogP contribution >= 0.6 is 0 Å². The van der Waals surface area contributed by atoms with Crippen LogP contribution in [0, 0.1) is 11.3 Å². The Hall–Kier alpha value is -2.94. The molecule has 6 nitrogen and oxygen atoms in total.